The van der Waals surface area contributed by atoms with E-state index in [9.17, 15) is 4.79 Å². The molecule has 1 aromatic heterocycles. The lowest BCUT2D eigenvalue weighted by Gasteiger charge is -2.37. The minimum absolute atomic E-state index is 0.102. The second-order valence-electron chi connectivity index (χ2n) is 7.34. The van der Waals surface area contributed by atoms with Crippen LogP contribution in [0.4, 0.5) is 11.5 Å². The van der Waals surface area contributed by atoms with Gasteiger partial charge in [0.1, 0.15) is 11.6 Å². The van der Waals surface area contributed by atoms with Gasteiger partial charge in [-0.1, -0.05) is 26.0 Å². The lowest BCUT2D eigenvalue weighted by Crippen LogP contribution is -2.47. The quantitative estimate of drug-likeness (QED) is 0.681. The summed E-state index contributed by atoms with van der Waals surface area (Å²) in [5.41, 5.74) is 1.85. The average Bonchev–Trinajstić information content (AvgIpc) is 2.78. The van der Waals surface area contributed by atoms with Crippen molar-refractivity contribution in [2.45, 2.75) is 26.7 Å². The van der Waals surface area contributed by atoms with E-state index in [1.807, 2.05) is 35.2 Å². The molecular formula is C23H32N4O2. The van der Waals surface area contributed by atoms with Gasteiger partial charge >= 0.3 is 0 Å². The molecule has 6 heteroatoms. The van der Waals surface area contributed by atoms with Gasteiger partial charge in [0.25, 0.3) is 5.91 Å². The first-order chi connectivity index (χ1) is 14.2. The third-order valence-corrected chi connectivity index (χ3v) is 5.30. The molecule has 0 spiro atoms. The van der Waals surface area contributed by atoms with Gasteiger partial charge in [-0.25, -0.2) is 4.98 Å². The fourth-order valence-electron chi connectivity index (χ4n) is 3.83. The fourth-order valence-corrected chi connectivity index (χ4v) is 3.83. The first kappa shape index (κ1) is 21.0. The topological polar surface area (TPSA) is 48.9 Å². The Bertz CT molecular complexity index is 797. The smallest absolute Gasteiger partial charge is 0.254 e. The summed E-state index contributed by atoms with van der Waals surface area (Å²) < 4.78 is 5.50. The lowest BCUT2D eigenvalue weighted by molar-refractivity contribution is 0.0755. The molecular weight excluding hydrogens is 364 g/mol. The van der Waals surface area contributed by atoms with Crippen LogP contribution in [0.1, 0.15) is 37.0 Å². The number of hydrogen-bond acceptors (Lipinski definition) is 5. The van der Waals surface area contributed by atoms with Crippen molar-refractivity contribution in [1.29, 1.82) is 0 Å². The van der Waals surface area contributed by atoms with Crippen LogP contribution in [0, 0.1) is 0 Å². The van der Waals surface area contributed by atoms with Crippen LogP contribution >= 0.6 is 0 Å². The number of amides is 1. The molecule has 1 saturated heterocycles. The molecule has 1 amide bonds. The van der Waals surface area contributed by atoms with Gasteiger partial charge in [0.15, 0.2) is 0 Å². The zero-order chi connectivity index (χ0) is 20.6. The molecule has 0 bridgehead atoms. The van der Waals surface area contributed by atoms with Gasteiger partial charge in [0, 0.05) is 51.0 Å². The van der Waals surface area contributed by atoms with Gasteiger partial charge in [-0.05, 0) is 37.1 Å². The third kappa shape index (κ3) is 5.00. The van der Waals surface area contributed by atoms with Crippen LogP contribution in [0.25, 0.3) is 0 Å². The summed E-state index contributed by atoms with van der Waals surface area (Å²) in [5, 5.41) is 0. The van der Waals surface area contributed by atoms with Crippen molar-refractivity contribution >= 4 is 17.4 Å². The molecule has 2 aromatic rings. The fraction of sp³-hybridized carbons (Fsp3) is 0.478. The molecule has 0 saturated carbocycles. The van der Waals surface area contributed by atoms with Crippen LogP contribution in [0.2, 0.25) is 0 Å². The highest BCUT2D eigenvalue weighted by atomic mass is 16.5. The van der Waals surface area contributed by atoms with Crippen LogP contribution in [0.15, 0.2) is 42.6 Å². The highest BCUT2D eigenvalue weighted by Crippen LogP contribution is 2.29. The molecule has 2 heterocycles. The van der Waals surface area contributed by atoms with Crippen LogP contribution in [0.3, 0.4) is 0 Å². The summed E-state index contributed by atoms with van der Waals surface area (Å²) >= 11 is 0. The Labute approximate surface area is 174 Å². The zero-order valence-corrected chi connectivity index (χ0v) is 17.8. The highest BCUT2D eigenvalue weighted by molar-refractivity contribution is 5.94. The molecule has 6 nitrogen and oxygen atoms in total. The minimum atomic E-state index is 0.102. The highest BCUT2D eigenvalue weighted by Gasteiger charge is 2.22. The summed E-state index contributed by atoms with van der Waals surface area (Å²) in [5.74, 6) is 1.88. The molecule has 0 atom stereocenters. The molecule has 1 fully saturated rings. The molecule has 156 valence electrons. The van der Waals surface area contributed by atoms with Crippen molar-refractivity contribution in [3.63, 3.8) is 0 Å². The number of pyridine rings is 1. The number of methoxy groups -OCH3 is 1. The summed E-state index contributed by atoms with van der Waals surface area (Å²) in [6.45, 7) is 9.29. The minimum Gasteiger partial charge on any atom is -0.495 e. The third-order valence-electron chi connectivity index (χ3n) is 5.30. The van der Waals surface area contributed by atoms with Crippen LogP contribution in [-0.4, -0.2) is 62.2 Å². The Morgan fingerprint density at radius 3 is 2.34 bits per heavy atom. The summed E-state index contributed by atoms with van der Waals surface area (Å²) in [4.78, 5) is 24.0. The number of carbonyl (C=O) groups excluding carboxylic acids is 1. The van der Waals surface area contributed by atoms with E-state index in [2.05, 4.69) is 34.7 Å². The number of anilines is 2. The molecule has 0 radical (unpaired) electrons. The maximum Gasteiger partial charge on any atom is 0.254 e. The van der Waals surface area contributed by atoms with E-state index in [1.165, 1.54) is 0 Å². The van der Waals surface area contributed by atoms with Crippen molar-refractivity contribution in [3.8, 4) is 5.75 Å². The van der Waals surface area contributed by atoms with E-state index >= 15 is 0 Å². The standard InChI is InChI=1S/C23H32N4O2/c1-4-12-27(13-5-2)23(28)19-10-11-24-22(18-19)26-16-14-25(15-17-26)20-8-6-7-9-21(20)29-3/h6-11,18H,4-5,12-17H2,1-3H3. The second-order valence-corrected chi connectivity index (χ2v) is 7.34. The SMILES string of the molecule is CCCN(CCC)C(=O)c1ccnc(N2CCN(c3ccccc3OC)CC2)c1. The number of carbonyl (C=O) groups is 1. The van der Waals surface area contributed by atoms with E-state index in [1.54, 1.807) is 13.3 Å². The van der Waals surface area contributed by atoms with Gasteiger partial charge in [0.05, 0.1) is 12.8 Å². The van der Waals surface area contributed by atoms with Crippen molar-refractivity contribution in [3.05, 3.63) is 48.2 Å². The van der Waals surface area contributed by atoms with Crippen molar-refractivity contribution < 1.29 is 9.53 Å². The first-order valence-corrected chi connectivity index (χ1v) is 10.6. The molecule has 0 aliphatic carbocycles. The van der Waals surface area contributed by atoms with E-state index < -0.39 is 0 Å². The van der Waals surface area contributed by atoms with Crippen LogP contribution in [-0.2, 0) is 0 Å². The van der Waals surface area contributed by atoms with E-state index in [4.69, 9.17) is 4.74 Å². The Hall–Kier alpha value is -2.76. The number of para-hydroxylation sites is 2. The second kappa shape index (κ2) is 10.1. The van der Waals surface area contributed by atoms with E-state index in [-0.39, 0.29) is 5.91 Å². The first-order valence-electron chi connectivity index (χ1n) is 10.6. The number of nitrogens with zero attached hydrogens (tertiary/aromatic N) is 4. The van der Waals surface area contributed by atoms with Crippen molar-refractivity contribution in [2.75, 3.05) is 56.2 Å². The number of aromatic nitrogens is 1. The average molecular weight is 397 g/mol. The molecule has 1 aliphatic heterocycles. The molecule has 3 rings (SSSR count). The number of piperazine rings is 1. The van der Waals surface area contributed by atoms with E-state index in [0.717, 1.165) is 74.9 Å². The molecule has 29 heavy (non-hydrogen) atoms. The van der Waals surface area contributed by atoms with E-state index in [0.29, 0.717) is 0 Å². The predicted molar refractivity (Wildman–Crippen MR) is 118 cm³/mol. The number of rotatable bonds is 8. The summed E-state index contributed by atoms with van der Waals surface area (Å²) in [6, 6.07) is 11.9. The van der Waals surface area contributed by atoms with Crippen LogP contribution < -0.4 is 14.5 Å². The molecule has 0 unspecified atom stereocenters. The summed E-state index contributed by atoms with van der Waals surface area (Å²) in [6.07, 6.45) is 3.69. The predicted octanol–water partition coefficient (Wildman–Crippen LogP) is 3.68. The Morgan fingerprint density at radius 2 is 1.69 bits per heavy atom. The Kier molecular flexibility index (Phi) is 7.33. The monoisotopic (exact) mass is 396 g/mol. The molecule has 1 aliphatic rings. The molecule has 0 N–H and O–H groups in total. The van der Waals surface area contributed by atoms with Gasteiger partial charge in [-0.15, -0.1) is 0 Å². The van der Waals surface area contributed by atoms with Crippen molar-refractivity contribution in [1.82, 2.24) is 9.88 Å². The largest absolute Gasteiger partial charge is 0.495 e. The lowest BCUT2D eigenvalue weighted by atomic mass is 10.2. The maximum atomic E-state index is 12.9. The van der Waals surface area contributed by atoms with Gasteiger partial charge in [-0.3, -0.25) is 4.79 Å². The molecule has 1 aromatic carbocycles. The number of benzene rings is 1. The Morgan fingerprint density at radius 1 is 1.03 bits per heavy atom. The number of ether oxygens (including phenoxy) is 1. The number of hydrogen-bond donors (Lipinski definition) is 0. The van der Waals surface area contributed by atoms with Crippen molar-refractivity contribution in [2.24, 2.45) is 0 Å². The maximum absolute atomic E-state index is 12.9. The Balaban J connectivity index is 1.68. The summed E-state index contributed by atoms with van der Waals surface area (Å²) in [7, 11) is 1.71. The van der Waals surface area contributed by atoms with Gasteiger partial charge in [0.2, 0.25) is 0 Å². The van der Waals surface area contributed by atoms with Gasteiger partial charge < -0.3 is 19.4 Å². The normalized spacial score (nSPS) is 14.0. The van der Waals surface area contributed by atoms with Crippen LogP contribution in [0.5, 0.6) is 5.75 Å². The zero-order valence-electron chi connectivity index (χ0n) is 17.8. The van der Waals surface area contributed by atoms with Gasteiger partial charge in [-0.2, -0.15) is 0 Å².